The zero-order valence-electron chi connectivity index (χ0n) is 19.8. The summed E-state index contributed by atoms with van der Waals surface area (Å²) >= 11 is 0. The van der Waals surface area contributed by atoms with Crippen molar-refractivity contribution in [3.05, 3.63) is 71.4 Å². The fourth-order valence-electron chi connectivity index (χ4n) is 3.76. The van der Waals surface area contributed by atoms with Crippen LogP contribution in [0, 0.1) is 6.92 Å². The first-order valence-electron chi connectivity index (χ1n) is 10.9. The van der Waals surface area contributed by atoms with Gasteiger partial charge in [-0.2, -0.15) is 0 Å². The lowest BCUT2D eigenvalue weighted by atomic mass is 10.1. The molecule has 1 atom stereocenters. The molecule has 0 radical (unpaired) electrons. The van der Waals surface area contributed by atoms with Crippen molar-refractivity contribution in [3.63, 3.8) is 0 Å². The summed E-state index contributed by atoms with van der Waals surface area (Å²) in [5, 5.41) is 7.19. The molecule has 2 aromatic carbocycles. The fraction of sp³-hybridized carbons (Fsp3) is 0.231. The van der Waals surface area contributed by atoms with Gasteiger partial charge in [-0.1, -0.05) is 35.5 Å². The monoisotopic (exact) mass is 475 g/mol. The van der Waals surface area contributed by atoms with Crippen molar-refractivity contribution in [2.45, 2.75) is 19.9 Å². The van der Waals surface area contributed by atoms with Gasteiger partial charge in [-0.05, 0) is 38.1 Å². The number of methoxy groups -OCH3 is 2. The Morgan fingerprint density at radius 1 is 1.06 bits per heavy atom. The molecule has 0 spiro atoms. The summed E-state index contributed by atoms with van der Waals surface area (Å²) in [6.45, 7) is 3.04. The molecular weight excluding hydrogens is 450 g/mol. The third-order valence-electron chi connectivity index (χ3n) is 5.52. The van der Waals surface area contributed by atoms with Crippen LogP contribution in [-0.4, -0.2) is 42.8 Å². The van der Waals surface area contributed by atoms with Crippen LogP contribution in [0.5, 0.6) is 11.5 Å². The maximum Gasteiger partial charge on any atom is 0.339 e. The Hall–Kier alpha value is -4.40. The second kappa shape index (κ2) is 10.3. The first-order valence-corrected chi connectivity index (χ1v) is 10.9. The second-order valence-electron chi connectivity index (χ2n) is 7.84. The van der Waals surface area contributed by atoms with Gasteiger partial charge in [-0.15, -0.1) is 0 Å². The molecule has 1 N–H and O–H groups in total. The van der Waals surface area contributed by atoms with Gasteiger partial charge in [0.25, 0.3) is 11.6 Å². The molecule has 0 aliphatic rings. The zero-order valence-corrected chi connectivity index (χ0v) is 19.8. The van der Waals surface area contributed by atoms with Gasteiger partial charge in [0.1, 0.15) is 11.5 Å². The number of ether oxygens (including phenoxy) is 3. The van der Waals surface area contributed by atoms with Crippen LogP contribution in [0.3, 0.4) is 0 Å². The molecule has 0 aliphatic heterocycles. The number of pyridine rings is 1. The molecule has 2 heterocycles. The van der Waals surface area contributed by atoms with Crippen molar-refractivity contribution in [2.24, 2.45) is 0 Å². The van der Waals surface area contributed by atoms with E-state index >= 15 is 0 Å². The lowest BCUT2D eigenvalue weighted by molar-refractivity contribution is -0.124. The minimum Gasteiger partial charge on any atom is -0.497 e. The Morgan fingerprint density at radius 2 is 1.83 bits per heavy atom. The molecule has 35 heavy (non-hydrogen) atoms. The quantitative estimate of drug-likeness (QED) is 0.376. The van der Waals surface area contributed by atoms with E-state index < -0.39 is 24.5 Å². The van der Waals surface area contributed by atoms with E-state index in [2.05, 4.69) is 15.5 Å². The molecule has 2 aromatic heterocycles. The van der Waals surface area contributed by atoms with E-state index in [4.69, 9.17) is 18.7 Å². The highest BCUT2D eigenvalue weighted by molar-refractivity contribution is 6.04. The fourth-order valence-corrected chi connectivity index (χ4v) is 3.76. The van der Waals surface area contributed by atoms with Gasteiger partial charge in [-0.3, -0.25) is 4.79 Å². The van der Waals surface area contributed by atoms with E-state index in [1.165, 1.54) is 0 Å². The van der Waals surface area contributed by atoms with Gasteiger partial charge < -0.3 is 24.1 Å². The summed E-state index contributed by atoms with van der Waals surface area (Å²) in [4.78, 5) is 30.1. The molecule has 4 rings (SSSR count). The molecule has 9 heteroatoms. The number of nitrogens with zero attached hydrogens (tertiary/aromatic N) is 2. The smallest absolute Gasteiger partial charge is 0.339 e. The van der Waals surface area contributed by atoms with Crippen molar-refractivity contribution >= 4 is 23.0 Å². The molecule has 4 aromatic rings. The van der Waals surface area contributed by atoms with Gasteiger partial charge >= 0.3 is 5.97 Å². The van der Waals surface area contributed by atoms with Gasteiger partial charge in [0.2, 0.25) is 0 Å². The lowest BCUT2D eigenvalue weighted by Crippen LogP contribution is -2.31. The molecule has 180 valence electrons. The molecule has 0 saturated carbocycles. The molecular formula is C26H25N3O6. The van der Waals surface area contributed by atoms with E-state index in [-0.39, 0.29) is 11.3 Å². The number of carbonyl (C=O) groups is 2. The summed E-state index contributed by atoms with van der Waals surface area (Å²) in [5.41, 5.74) is 3.01. The van der Waals surface area contributed by atoms with E-state index in [0.717, 1.165) is 11.1 Å². The normalized spacial score (nSPS) is 11.7. The number of carbonyl (C=O) groups excluding carboxylic acids is 2. The summed E-state index contributed by atoms with van der Waals surface area (Å²) < 4.78 is 21.3. The average molecular weight is 476 g/mol. The number of aromatic nitrogens is 2. The van der Waals surface area contributed by atoms with Crippen LogP contribution in [0.2, 0.25) is 0 Å². The van der Waals surface area contributed by atoms with Crippen LogP contribution in [0.1, 0.15) is 34.6 Å². The van der Waals surface area contributed by atoms with E-state index in [1.807, 2.05) is 30.3 Å². The molecule has 1 amide bonds. The van der Waals surface area contributed by atoms with Crippen LogP contribution in [0.25, 0.3) is 22.4 Å². The molecule has 0 bridgehead atoms. The van der Waals surface area contributed by atoms with Crippen molar-refractivity contribution in [1.82, 2.24) is 15.5 Å². The lowest BCUT2D eigenvalue weighted by Gasteiger charge is -2.18. The minimum absolute atomic E-state index is 0.221. The van der Waals surface area contributed by atoms with Gasteiger partial charge in [0.05, 0.1) is 42.6 Å². The first kappa shape index (κ1) is 23.7. The number of aryl methyl sites for hydroxylation is 1. The summed E-state index contributed by atoms with van der Waals surface area (Å²) in [6, 6.07) is 15.9. The Morgan fingerprint density at radius 3 is 2.54 bits per heavy atom. The Labute approximate surface area is 202 Å². The molecule has 9 nitrogen and oxygen atoms in total. The van der Waals surface area contributed by atoms with Crippen molar-refractivity contribution in [3.8, 4) is 22.8 Å². The van der Waals surface area contributed by atoms with Crippen molar-refractivity contribution in [1.29, 1.82) is 0 Å². The maximum atomic E-state index is 13.0. The van der Waals surface area contributed by atoms with E-state index in [1.54, 1.807) is 52.3 Å². The van der Waals surface area contributed by atoms with E-state index in [0.29, 0.717) is 28.3 Å². The van der Waals surface area contributed by atoms with Crippen LogP contribution in [-0.2, 0) is 9.53 Å². The Bertz CT molecular complexity index is 1370. The SMILES string of the molecule is COc1ccc(OC)c([C@@H](C)NC(=O)COC(=O)c2cc(-c3ccccc3)nc3onc(C)c23)c1. The van der Waals surface area contributed by atoms with Crippen LogP contribution in [0.4, 0.5) is 0 Å². The summed E-state index contributed by atoms with van der Waals surface area (Å²) in [5.74, 6) is 0.0912. The van der Waals surface area contributed by atoms with Crippen molar-refractivity contribution in [2.75, 3.05) is 20.8 Å². The number of benzene rings is 2. The summed E-state index contributed by atoms with van der Waals surface area (Å²) in [7, 11) is 3.11. The van der Waals surface area contributed by atoms with Crippen LogP contribution < -0.4 is 14.8 Å². The molecule has 0 aliphatic carbocycles. The van der Waals surface area contributed by atoms with Crippen molar-refractivity contribution < 1.29 is 28.3 Å². The number of hydrogen-bond acceptors (Lipinski definition) is 8. The molecule has 0 saturated heterocycles. The number of rotatable bonds is 8. The zero-order chi connectivity index (χ0) is 24.9. The van der Waals surface area contributed by atoms with Gasteiger partial charge in [-0.25, -0.2) is 9.78 Å². The highest BCUT2D eigenvalue weighted by Gasteiger charge is 2.22. The highest BCUT2D eigenvalue weighted by atomic mass is 16.5. The van der Waals surface area contributed by atoms with Gasteiger partial charge in [0.15, 0.2) is 6.61 Å². The third-order valence-corrected chi connectivity index (χ3v) is 5.52. The second-order valence-corrected chi connectivity index (χ2v) is 7.84. The number of hydrogen-bond donors (Lipinski definition) is 1. The highest BCUT2D eigenvalue weighted by Crippen LogP contribution is 2.30. The largest absolute Gasteiger partial charge is 0.497 e. The predicted octanol–water partition coefficient (Wildman–Crippen LogP) is 4.25. The number of esters is 1. The van der Waals surface area contributed by atoms with E-state index in [9.17, 15) is 9.59 Å². The third kappa shape index (κ3) is 5.08. The molecule has 0 fully saturated rings. The first-order chi connectivity index (χ1) is 16.9. The number of amides is 1. The predicted molar refractivity (Wildman–Crippen MR) is 128 cm³/mol. The average Bonchev–Trinajstić information content (AvgIpc) is 3.27. The Balaban J connectivity index is 1.50. The maximum absolute atomic E-state index is 13.0. The number of nitrogens with one attached hydrogen (secondary N) is 1. The molecule has 0 unspecified atom stereocenters. The number of fused-ring (bicyclic) bond motifs is 1. The van der Waals surface area contributed by atoms with Gasteiger partial charge in [0, 0.05) is 11.1 Å². The summed E-state index contributed by atoms with van der Waals surface area (Å²) in [6.07, 6.45) is 0. The standard InChI is InChI=1S/C26H25N3O6/c1-15(19-12-18(32-3)10-11-22(19)33-4)27-23(30)14-34-26(31)20-13-21(17-8-6-5-7-9-17)28-25-24(20)16(2)29-35-25/h5-13,15H,14H2,1-4H3,(H,27,30)/t15-/m1/s1. The topological polar surface area (TPSA) is 113 Å². The minimum atomic E-state index is -0.678. The van der Waals surface area contributed by atoms with Crippen LogP contribution in [0.15, 0.2) is 59.1 Å². The van der Waals surface area contributed by atoms with Crippen LogP contribution >= 0.6 is 0 Å². The Kier molecular flexibility index (Phi) is 6.96.